The van der Waals surface area contributed by atoms with Crippen LogP contribution in [0.25, 0.3) is 0 Å². The Labute approximate surface area is 112 Å². The van der Waals surface area contributed by atoms with Gasteiger partial charge < -0.3 is 10.2 Å². The van der Waals surface area contributed by atoms with Crippen molar-refractivity contribution >= 4 is 23.4 Å². The number of carbonyl (C=O) groups excluding carboxylic acids is 2. The molecule has 0 bridgehead atoms. The molecule has 1 saturated carbocycles. The second-order valence-corrected chi connectivity index (χ2v) is 5.38. The number of carbonyl (C=O) groups is 2. The second kappa shape index (κ2) is 5.31. The van der Waals surface area contributed by atoms with Crippen molar-refractivity contribution in [2.45, 2.75) is 50.6 Å². The van der Waals surface area contributed by atoms with E-state index in [9.17, 15) is 9.59 Å². The highest BCUT2D eigenvalue weighted by molar-refractivity contribution is 6.25. The first kappa shape index (κ1) is 13.4. The summed E-state index contributed by atoms with van der Waals surface area (Å²) in [4.78, 5) is 26.3. The molecule has 0 aromatic carbocycles. The van der Waals surface area contributed by atoms with Gasteiger partial charge in [-0.15, -0.1) is 0 Å². The molecule has 1 saturated heterocycles. The van der Waals surface area contributed by atoms with Crippen LogP contribution in [0.4, 0.5) is 0 Å². The lowest BCUT2D eigenvalue weighted by Crippen LogP contribution is -2.70. The van der Waals surface area contributed by atoms with E-state index in [0.717, 1.165) is 32.1 Å². The lowest BCUT2D eigenvalue weighted by molar-refractivity contribution is -0.155. The van der Waals surface area contributed by atoms with Gasteiger partial charge in [0, 0.05) is 12.1 Å². The van der Waals surface area contributed by atoms with E-state index < -0.39 is 11.6 Å². The zero-order valence-corrected chi connectivity index (χ0v) is 11.4. The van der Waals surface area contributed by atoms with Crippen molar-refractivity contribution in [3.8, 4) is 0 Å². The highest BCUT2D eigenvalue weighted by Crippen LogP contribution is 2.33. The largest absolute Gasteiger partial charge is 0.340 e. The lowest BCUT2D eigenvalue weighted by Gasteiger charge is -2.46. The van der Waals surface area contributed by atoms with Crippen LogP contribution in [-0.2, 0) is 9.59 Å². The molecule has 1 unspecified atom stereocenters. The first-order valence-electron chi connectivity index (χ1n) is 6.49. The van der Waals surface area contributed by atoms with Crippen molar-refractivity contribution in [1.29, 1.82) is 0 Å². The minimum Gasteiger partial charge on any atom is -0.340 e. The number of rotatable bonds is 2. The normalized spacial score (nSPS) is 27.9. The van der Waals surface area contributed by atoms with E-state index >= 15 is 0 Å². The van der Waals surface area contributed by atoms with Gasteiger partial charge in [-0.05, 0) is 19.8 Å². The fraction of sp³-hybridized carbons (Fsp3) is 0.692. The maximum Gasteiger partial charge on any atom is 0.249 e. The lowest BCUT2D eigenvalue weighted by atomic mass is 9.78. The van der Waals surface area contributed by atoms with Crippen LogP contribution in [0.1, 0.15) is 39.0 Å². The van der Waals surface area contributed by atoms with E-state index in [4.69, 9.17) is 11.6 Å². The summed E-state index contributed by atoms with van der Waals surface area (Å²) in [7, 11) is 0. The highest BCUT2D eigenvalue weighted by Gasteiger charge is 2.49. The third-order valence-electron chi connectivity index (χ3n) is 3.98. The smallest absolute Gasteiger partial charge is 0.249 e. The van der Waals surface area contributed by atoms with E-state index in [0.29, 0.717) is 6.54 Å². The van der Waals surface area contributed by atoms with Gasteiger partial charge in [0.2, 0.25) is 11.8 Å². The van der Waals surface area contributed by atoms with E-state index in [1.165, 1.54) is 5.54 Å². The van der Waals surface area contributed by atoms with Crippen molar-refractivity contribution in [3.05, 3.63) is 11.6 Å². The van der Waals surface area contributed by atoms with E-state index in [1.54, 1.807) is 17.9 Å². The topological polar surface area (TPSA) is 49.4 Å². The fourth-order valence-electron chi connectivity index (χ4n) is 2.87. The summed E-state index contributed by atoms with van der Waals surface area (Å²) in [6, 6.07) is -0.419. The molecule has 2 aliphatic rings. The molecule has 1 spiro atoms. The molecule has 4 nitrogen and oxygen atoms in total. The third-order valence-corrected chi connectivity index (χ3v) is 4.16. The molecule has 1 aliphatic heterocycles. The van der Waals surface area contributed by atoms with Gasteiger partial charge in [-0.25, -0.2) is 0 Å². The Bertz CT molecular complexity index is 375. The van der Waals surface area contributed by atoms with Crippen molar-refractivity contribution in [3.63, 3.8) is 0 Å². The predicted molar refractivity (Wildman–Crippen MR) is 70.1 cm³/mol. The van der Waals surface area contributed by atoms with Crippen molar-refractivity contribution < 1.29 is 9.59 Å². The number of hydrogen-bond donors (Lipinski definition) is 1. The van der Waals surface area contributed by atoms with Gasteiger partial charge >= 0.3 is 0 Å². The Kier molecular flexibility index (Phi) is 3.95. The summed E-state index contributed by atoms with van der Waals surface area (Å²) < 4.78 is 0. The number of piperazine rings is 1. The number of nitrogens with zero attached hydrogens (tertiary/aromatic N) is 1. The van der Waals surface area contributed by atoms with Gasteiger partial charge in [0.25, 0.3) is 0 Å². The average Bonchev–Trinajstić information content (AvgIpc) is 2.38. The van der Waals surface area contributed by atoms with Crippen LogP contribution < -0.4 is 5.32 Å². The minimum atomic E-state index is -0.651. The highest BCUT2D eigenvalue weighted by atomic mass is 35.5. The molecule has 1 aliphatic carbocycles. The molecule has 1 heterocycles. The van der Waals surface area contributed by atoms with E-state index in [2.05, 4.69) is 5.32 Å². The number of amides is 2. The van der Waals surface area contributed by atoms with Crippen LogP contribution in [0.3, 0.4) is 0 Å². The summed E-state index contributed by atoms with van der Waals surface area (Å²) in [5.74, 6) is -0.0106. The Morgan fingerprint density at radius 1 is 1.39 bits per heavy atom. The number of hydrogen-bond acceptors (Lipinski definition) is 2. The molecule has 0 aromatic rings. The van der Waals surface area contributed by atoms with Crippen molar-refractivity contribution in [2.24, 2.45) is 0 Å². The molecule has 5 heteroatoms. The summed E-state index contributed by atoms with van der Waals surface area (Å²) in [5, 5.41) is 2.95. The quantitative estimate of drug-likeness (QED) is 0.832. The van der Waals surface area contributed by atoms with Crippen molar-refractivity contribution in [2.75, 3.05) is 6.54 Å². The standard InChI is InChI=1S/C13H19ClN2O2/c1-10-11(17)15-13(6-3-2-4-7-13)12(18)16(10)9-5-8-14/h5,8,10H,2-4,6-7,9H2,1H3,(H,15,17)/b8-5+. The molecule has 2 rings (SSSR count). The maximum atomic E-state index is 12.6. The van der Waals surface area contributed by atoms with Gasteiger partial charge in [0.05, 0.1) is 0 Å². The van der Waals surface area contributed by atoms with Gasteiger partial charge in [-0.3, -0.25) is 9.59 Å². The molecule has 2 amide bonds. The van der Waals surface area contributed by atoms with Crippen LogP contribution in [0.15, 0.2) is 11.6 Å². The summed E-state index contributed by atoms with van der Waals surface area (Å²) in [5.41, 5.74) is 0.738. The molecule has 0 aromatic heterocycles. The molecular weight excluding hydrogens is 252 g/mol. The molecule has 1 atom stereocenters. The first-order valence-corrected chi connectivity index (χ1v) is 6.93. The molecule has 1 N–H and O–H groups in total. The molecule has 100 valence electrons. The third kappa shape index (κ3) is 2.26. The Hall–Kier alpha value is -1.03. The van der Waals surface area contributed by atoms with E-state index in [-0.39, 0.29) is 11.8 Å². The Morgan fingerprint density at radius 3 is 2.67 bits per heavy atom. The van der Waals surface area contributed by atoms with Gasteiger partial charge in [0.15, 0.2) is 0 Å². The van der Waals surface area contributed by atoms with Crippen LogP contribution in [0, 0.1) is 0 Å². The monoisotopic (exact) mass is 270 g/mol. The Balaban J connectivity index is 2.23. The summed E-state index contributed by atoms with van der Waals surface area (Å²) in [6.07, 6.45) is 6.35. The first-order chi connectivity index (χ1) is 8.60. The SMILES string of the molecule is CC1C(=O)NC2(CCCCC2)C(=O)N1C/C=C/Cl. The van der Waals surface area contributed by atoms with Crippen LogP contribution >= 0.6 is 11.6 Å². The Morgan fingerprint density at radius 2 is 2.06 bits per heavy atom. The fourth-order valence-corrected chi connectivity index (χ4v) is 2.95. The molecule has 18 heavy (non-hydrogen) atoms. The average molecular weight is 271 g/mol. The zero-order chi connectivity index (χ0) is 13.2. The maximum absolute atomic E-state index is 12.6. The number of nitrogens with one attached hydrogen (secondary N) is 1. The summed E-state index contributed by atoms with van der Waals surface area (Å²) >= 11 is 5.51. The van der Waals surface area contributed by atoms with Crippen LogP contribution in [0.2, 0.25) is 0 Å². The molecular formula is C13H19ClN2O2. The molecule has 0 radical (unpaired) electrons. The summed E-state index contributed by atoms with van der Waals surface area (Å²) in [6.45, 7) is 2.16. The van der Waals surface area contributed by atoms with E-state index in [1.807, 2.05) is 0 Å². The number of halogens is 1. The van der Waals surface area contributed by atoms with Gasteiger partial charge in [-0.2, -0.15) is 0 Å². The molecule has 2 fully saturated rings. The van der Waals surface area contributed by atoms with Crippen molar-refractivity contribution in [1.82, 2.24) is 10.2 Å². The zero-order valence-electron chi connectivity index (χ0n) is 10.6. The van der Waals surface area contributed by atoms with Crippen LogP contribution in [0.5, 0.6) is 0 Å². The van der Waals surface area contributed by atoms with Crippen LogP contribution in [-0.4, -0.2) is 34.8 Å². The predicted octanol–water partition coefficient (Wildman–Crippen LogP) is 1.79. The van der Waals surface area contributed by atoms with Gasteiger partial charge in [-0.1, -0.05) is 36.9 Å². The minimum absolute atomic E-state index is 0.0454. The van der Waals surface area contributed by atoms with Gasteiger partial charge in [0.1, 0.15) is 11.6 Å². The second-order valence-electron chi connectivity index (χ2n) is 5.13.